The second kappa shape index (κ2) is 6.13. The van der Waals surface area contributed by atoms with E-state index in [1.165, 1.54) is 5.56 Å². The molecular formula is C15H22BrClN2. The summed E-state index contributed by atoms with van der Waals surface area (Å²) in [5.41, 5.74) is 1.46. The smallest absolute Gasteiger partial charge is 0.0410 e. The van der Waals surface area contributed by atoms with E-state index < -0.39 is 0 Å². The van der Waals surface area contributed by atoms with Gasteiger partial charge in [0.25, 0.3) is 0 Å². The Morgan fingerprint density at radius 3 is 2.47 bits per heavy atom. The van der Waals surface area contributed by atoms with Crippen LogP contribution in [0.1, 0.15) is 32.4 Å². The van der Waals surface area contributed by atoms with Crippen molar-refractivity contribution in [1.29, 1.82) is 0 Å². The summed E-state index contributed by atoms with van der Waals surface area (Å²) in [5, 5.41) is 4.23. The lowest BCUT2D eigenvalue weighted by Gasteiger charge is -2.43. The van der Waals surface area contributed by atoms with Gasteiger partial charge in [0.05, 0.1) is 0 Å². The average Bonchev–Trinajstić information content (AvgIpc) is 2.33. The van der Waals surface area contributed by atoms with E-state index >= 15 is 0 Å². The van der Waals surface area contributed by atoms with Crippen molar-refractivity contribution in [2.24, 2.45) is 5.41 Å². The number of benzene rings is 1. The number of rotatable bonds is 2. The number of hydrogen-bond acceptors (Lipinski definition) is 2. The van der Waals surface area contributed by atoms with Gasteiger partial charge in [0.15, 0.2) is 0 Å². The van der Waals surface area contributed by atoms with Gasteiger partial charge < -0.3 is 5.32 Å². The molecule has 0 saturated carbocycles. The van der Waals surface area contributed by atoms with Crippen molar-refractivity contribution in [3.63, 3.8) is 0 Å². The van der Waals surface area contributed by atoms with Crippen molar-refractivity contribution >= 4 is 27.5 Å². The summed E-state index contributed by atoms with van der Waals surface area (Å²) in [7, 11) is 0. The monoisotopic (exact) mass is 344 g/mol. The van der Waals surface area contributed by atoms with Crippen LogP contribution in [0.3, 0.4) is 0 Å². The predicted molar refractivity (Wildman–Crippen MR) is 85.8 cm³/mol. The van der Waals surface area contributed by atoms with Crippen LogP contribution >= 0.6 is 27.5 Å². The van der Waals surface area contributed by atoms with E-state index in [0.29, 0.717) is 6.04 Å². The Labute approximate surface area is 129 Å². The Hall–Kier alpha value is -0.0900. The third-order valence-electron chi connectivity index (χ3n) is 3.59. The standard InChI is InChI=1S/C15H22BrClN2/c1-15(2,3)14(19-8-6-18-7-9-19)12-10-11(17)4-5-13(12)16/h4-5,10,14,18H,6-9H2,1-3H3/t14-/m1/s1. The molecule has 1 heterocycles. The normalized spacial score (nSPS) is 19.4. The summed E-state index contributed by atoms with van der Waals surface area (Å²) in [4.78, 5) is 2.56. The highest BCUT2D eigenvalue weighted by Gasteiger charge is 2.33. The molecule has 0 aromatic heterocycles. The van der Waals surface area contributed by atoms with Gasteiger partial charge in [-0.25, -0.2) is 0 Å². The zero-order valence-electron chi connectivity index (χ0n) is 11.8. The van der Waals surface area contributed by atoms with Crippen molar-refractivity contribution in [3.8, 4) is 0 Å². The fraction of sp³-hybridized carbons (Fsp3) is 0.600. The zero-order valence-corrected chi connectivity index (χ0v) is 14.2. The molecule has 4 heteroatoms. The minimum absolute atomic E-state index is 0.171. The van der Waals surface area contributed by atoms with E-state index in [1.807, 2.05) is 6.07 Å². The molecule has 0 aliphatic carbocycles. The van der Waals surface area contributed by atoms with E-state index in [4.69, 9.17) is 11.6 Å². The van der Waals surface area contributed by atoms with Crippen LogP contribution in [0, 0.1) is 5.41 Å². The number of nitrogens with zero attached hydrogens (tertiary/aromatic N) is 1. The quantitative estimate of drug-likeness (QED) is 0.868. The maximum Gasteiger partial charge on any atom is 0.0410 e. The van der Waals surface area contributed by atoms with Crippen LogP contribution in [0.25, 0.3) is 0 Å². The van der Waals surface area contributed by atoms with Crippen molar-refractivity contribution in [3.05, 3.63) is 33.3 Å². The fourth-order valence-corrected chi connectivity index (χ4v) is 3.52. The molecule has 0 amide bonds. The third kappa shape index (κ3) is 3.72. The molecule has 2 nitrogen and oxygen atoms in total. The molecule has 1 fully saturated rings. The first-order chi connectivity index (χ1) is 8.89. The first-order valence-electron chi connectivity index (χ1n) is 6.79. The first kappa shape index (κ1) is 15.3. The van der Waals surface area contributed by atoms with Gasteiger partial charge in [0.1, 0.15) is 0 Å². The largest absolute Gasteiger partial charge is 0.314 e. The lowest BCUT2D eigenvalue weighted by molar-refractivity contribution is 0.0857. The van der Waals surface area contributed by atoms with E-state index in [2.05, 4.69) is 59.1 Å². The predicted octanol–water partition coefficient (Wildman–Crippen LogP) is 4.09. The van der Waals surface area contributed by atoms with Gasteiger partial charge >= 0.3 is 0 Å². The van der Waals surface area contributed by atoms with Crippen molar-refractivity contribution in [1.82, 2.24) is 10.2 Å². The zero-order chi connectivity index (χ0) is 14.0. The second-order valence-electron chi connectivity index (χ2n) is 6.22. The van der Waals surface area contributed by atoms with Crippen LogP contribution in [0.5, 0.6) is 0 Å². The van der Waals surface area contributed by atoms with E-state index in [1.54, 1.807) is 0 Å². The third-order valence-corrected chi connectivity index (χ3v) is 4.55. The van der Waals surface area contributed by atoms with Gasteiger partial charge in [-0.05, 0) is 29.2 Å². The van der Waals surface area contributed by atoms with Gasteiger partial charge in [0, 0.05) is 41.7 Å². The summed E-state index contributed by atoms with van der Waals surface area (Å²) in [5.74, 6) is 0. The Bertz CT molecular complexity index is 436. The molecular weight excluding hydrogens is 324 g/mol. The van der Waals surface area contributed by atoms with Crippen LogP contribution in [0.15, 0.2) is 22.7 Å². The van der Waals surface area contributed by atoms with E-state index in [-0.39, 0.29) is 5.41 Å². The van der Waals surface area contributed by atoms with Crippen LogP contribution in [0.4, 0.5) is 0 Å². The summed E-state index contributed by atoms with van der Waals surface area (Å²) in [6.45, 7) is 11.2. The van der Waals surface area contributed by atoms with Crippen LogP contribution in [0.2, 0.25) is 5.02 Å². The highest BCUT2D eigenvalue weighted by atomic mass is 79.9. The molecule has 19 heavy (non-hydrogen) atoms. The van der Waals surface area contributed by atoms with Crippen molar-refractivity contribution in [2.45, 2.75) is 26.8 Å². The maximum absolute atomic E-state index is 6.20. The van der Waals surface area contributed by atoms with Crippen molar-refractivity contribution in [2.75, 3.05) is 26.2 Å². The molecule has 1 N–H and O–H groups in total. The molecule has 0 radical (unpaired) electrons. The lowest BCUT2D eigenvalue weighted by Crippen LogP contribution is -2.48. The van der Waals surface area contributed by atoms with Crippen LogP contribution < -0.4 is 5.32 Å². The molecule has 2 rings (SSSR count). The van der Waals surface area contributed by atoms with Gasteiger partial charge in [-0.1, -0.05) is 48.3 Å². The minimum atomic E-state index is 0.171. The molecule has 1 atom stereocenters. The van der Waals surface area contributed by atoms with Gasteiger partial charge in [0.2, 0.25) is 0 Å². The van der Waals surface area contributed by atoms with Crippen LogP contribution in [-0.2, 0) is 0 Å². The Balaban J connectivity index is 2.39. The summed E-state index contributed by atoms with van der Waals surface area (Å²) in [6.07, 6.45) is 0. The molecule has 1 saturated heterocycles. The van der Waals surface area contributed by atoms with Crippen molar-refractivity contribution < 1.29 is 0 Å². The Kier molecular flexibility index (Phi) is 4.93. The SMILES string of the molecule is CC(C)(C)[C@@H](c1cc(Cl)ccc1Br)N1CCNCC1. The van der Waals surface area contributed by atoms with Gasteiger partial charge in [-0.15, -0.1) is 0 Å². The summed E-state index contributed by atoms with van der Waals surface area (Å²) in [6, 6.07) is 6.47. The first-order valence-corrected chi connectivity index (χ1v) is 7.96. The number of nitrogens with one attached hydrogen (secondary N) is 1. The van der Waals surface area contributed by atoms with Crippen LogP contribution in [-0.4, -0.2) is 31.1 Å². The summed E-state index contributed by atoms with van der Waals surface area (Å²) >= 11 is 9.89. The molecule has 0 spiro atoms. The van der Waals surface area contributed by atoms with E-state index in [0.717, 1.165) is 35.7 Å². The minimum Gasteiger partial charge on any atom is -0.314 e. The maximum atomic E-state index is 6.20. The lowest BCUT2D eigenvalue weighted by atomic mass is 9.81. The number of piperazine rings is 1. The highest BCUT2D eigenvalue weighted by Crippen LogP contribution is 2.41. The Morgan fingerprint density at radius 1 is 1.26 bits per heavy atom. The highest BCUT2D eigenvalue weighted by molar-refractivity contribution is 9.10. The van der Waals surface area contributed by atoms with E-state index in [9.17, 15) is 0 Å². The molecule has 0 bridgehead atoms. The fourth-order valence-electron chi connectivity index (χ4n) is 2.88. The van der Waals surface area contributed by atoms with Gasteiger partial charge in [-0.3, -0.25) is 4.90 Å². The molecule has 1 aromatic rings. The molecule has 1 aromatic carbocycles. The van der Waals surface area contributed by atoms with Gasteiger partial charge in [-0.2, -0.15) is 0 Å². The average molecular weight is 346 g/mol. The molecule has 106 valence electrons. The molecule has 1 aliphatic rings. The number of halogens is 2. The topological polar surface area (TPSA) is 15.3 Å². The molecule has 1 aliphatic heterocycles. The second-order valence-corrected chi connectivity index (χ2v) is 7.51. The summed E-state index contributed by atoms with van der Waals surface area (Å²) < 4.78 is 1.15. The number of hydrogen-bond donors (Lipinski definition) is 1. The Morgan fingerprint density at radius 2 is 1.89 bits per heavy atom. The molecule has 0 unspecified atom stereocenters.